The molecule has 0 amide bonds. The lowest BCUT2D eigenvalue weighted by atomic mass is 10.0. The Labute approximate surface area is 130 Å². The van der Waals surface area contributed by atoms with Crippen molar-refractivity contribution in [2.45, 2.75) is 13.3 Å². The summed E-state index contributed by atoms with van der Waals surface area (Å²) in [6.07, 6.45) is 0.0411. The van der Waals surface area contributed by atoms with Gasteiger partial charge in [0, 0.05) is 6.54 Å². The number of carboxylic acid groups (broad SMARTS) is 1. The number of rotatable bonds is 8. The number of likely N-dealkylation sites (N-methyl/N-ethyl adjacent to an activating group) is 1. The molecule has 2 aromatic rings. The molecule has 0 radical (unpaired) electrons. The molecule has 0 saturated heterocycles. The molecular weight excluding hydrogens is 278 g/mol. The van der Waals surface area contributed by atoms with E-state index in [2.05, 4.69) is 12.2 Å². The van der Waals surface area contributed by atoms with E-state index in [0.29, 0.717) is 6.61 Å². The first kappa shape index (κ1) is 16.0. The maximum Gasteiger partial charge on any atom is 0.307 e. The van der Waals surface area contributed by atoms with Gasteiger partial charge in [-0.3, -0.25) is 4.79 Å². The summed E-state index contributed by atoms with van der Waals surface area (Å²) >= 11 is 0. The summed E-state index contributed by atoms with van der Waals surface area (Å²) in [4.78, 5) is 10.8. The number of ether oxygens (including phenoxy) is 1. The largest absolute Gasteiger partial charge is 0.492 e. The van der Waals surface area contributed by atoms with Gasteiger partial charge in [0.15, 0.2) is 0 Å². The first-order valence-electron chi connectivity index (χ1n) is 7.43. The van der Waals surface area contributed by atoms with Gasteiger partial charge in [0.25, 0.3) is 0 Å². The Morgan fingerprint density at radius 2 is 1.91 bits per heavy atom. The normalized spacial score (nSPS) is 10.4. The van der Waals surface area contributed by atoms with E-state index in [1.54, 1.807) is 0 Å². The van der Waals surface area contributed by atoms with Crippen LogP contribution in [0.2, 0.25) is 0 Å². The zero-order valence-electron chi connectivity index (χ0n) is 12.7. The monoisotopic (exact) mass is 299 g/mol. The number of benzene rings is 2. The van der Waals surface area contributed by atoms with Crippen molar-refractivity contribution in [2.75, 3.05) is 19.7 Å². The molecule has 0 fully saturated rings. The Morgan fingerprint density at radius 1 is 1.14 bits per heavy atom. The molecule has 116 valence electrons. The molecule has 2 N–H and O–H groups in total. The first-order chi connectivity index (χ1) is 10.7. The molecule has 22 heavy (non-hydrogen) atoms. The number of carbonyl (C=O) groups is 1. The molecule has 0 aliphatic heterocycles. The maximum absolute atomic E-state index is 10.8. The van der Waals surface area contributed by atoms with Gasteiger partial charge in [-0.1, -0.05) is 43.3 Å². The van der Waals surface area contributed by atoms with E-state index in [1.807, 2.05) is 48.5 Å². The lowest BCUT2D eigenvalue weighted by Crippen LogP contribution is -2.20. The SMILES string of the molecule is CCNCCOc1ccc(-c2cccc(CC(=O)O)c2)cc1. The summed E-state index contributed by atoms with van der Waals surface area (Å²) in [7, 11) is 0. The quantitative estimate of drug-likeness (QED) is 0.736. The van der Waals surface area contributed by atoms with Gasteiger partial charge in [-0.15, -0.1) is 0 Å². The van der Waals surface area contributed by atoms with Crippen LogP contribution >= 0.6 is 0 Å². The number of carboxylic acids is 1. The summed E-state index contributed by atoms with van der Waals surface area (Å²) in [5, 5.41) is 12.1. The molecule has 2 aromatic carbocycles. The fourth-order valence-corrected chi connectivity index (χ4v) is 2.20. The van der Waals surface area contributed by atoms with Gasteiger partial charge in [-0.2, -0.15) is 0 Å². The Bertz CT molecular complexity index is 608. The van der Waals surface area contributed by atoms with Crippen LogP contribution in [0.15, 0.2) is 48.5 Å². The highest BCUT2D eigenvalue weighted by Gasteiger charge is 2.03. The van der Waals surface area contributed by atoms with Crippen molar-refractivity contribution in [3.63, 3.8) is 0 Å². The zero-order valence-corrected chi connectivity index (χ0v) is 12.7. The van der Waals surface area contributed by atoms with Crippen molar-refractivity contribution < 1.29 is 14.6 Å². The van der Waals surface area contributed by atoms with E-state index in [4.69, 9.17) is 9.84 Å². The molecule has 0 aliphatic carbocycles. The molecule has 0 aliphatic rings. The van der Waals surface area contributed by atoms with E-state index >= 15 is 0 Å². The smallest absolute Gasteiger partial charge is 0.307 e. The average Bonchev–Trinajstić information content (AvgIpc) is 2.52. The van der Waals surface area contributed by atoms with Crippen molar-refractivity contribution in [1.82, 2.24) is 5.32 Å². The Kier molecular flexibility index (Phi) is 5.98. The van der Waals surface area contributed by atoms with Crippen molar-refractivity contribution in [1.29, 1.82) is 0 Å². The van der Waals surface area contributed by atoms with Crippen LogP contribution in [-0.2, 0) is 11.2 Å². The zero-order chi connectivity index (χ0) is 15.8. The van der Waals surface area contributed by atoms with Crippen molar-refractivity contribution in [3.8, 4) is 16.9 Å². The molecule has 0 saturated carbocycles. The van der Waals surface area contributed by atoms with Crippen molar-refractivity contribution in [3.05, 3.63) is 54.1 Å². The fraction of sp³-hybridized carbons (Fsp3) is 0.278. The summed E-state index contributed by atoms with van der Waals surface area (Å²) in [5.41, 5.74) is 2.86. The van der Waals surface area contributed by atoms with E-state index in [-0.39, 0.29) is 6.42 Å². The lowest BCUT2D eigenvalue weighted by Gasteiger charge is -2.08. The lowest BCUT2D eigenvalue weighted by molar-refractivity contribution is -0.136. The van der Waals surface area contributed by atoms with Crippen LogP contribution in [0.25, 0.3) is 11.1 Å². The molecule has 0 heterocycles. The molecule has 4 heteroatoms. The minimum absolute atomic E-state index is 0.0411. The highest BCUT2D eigenvalue weighted by molar-refractivity contribution is 5.72. The topological polar surface area (TPSA) is 58.6 Å². The number of hydrogen-bond donors (Lipinski definition) is 2. The second-order valence-corrected chi connectivity index (χ2v) is 5.00. The first-order valence-corrected chi connectivity index (χ1v) is 7.43. The summed E-state index contributed by atoms with van der Waals surface area (Å²) in [6.45, 7) is 4.47. The number of hydrogen-bond acceptors (Lipinski definition) is 3. The highest BCUT2D eigenvalue weighted by atomic mass is 16.5. The predicted octanol–water partition coefficient (Wildman–Crippen LogP) is 2.97. The minimum atomic E-state index is -0.818. The van der Waals surface area contributed by atoms with E-state index in [9.17, 15) is 4.79 Å². The Hall–Kier alpha value is -2.33. The fourth-order valence-electron chi connectivity index (χ4n) is 2.20. The predicted molar refractivity (Wildman–Crippen MR) is 87.3 cm³/mol. The third kappa shape index (κ3) is 4.90. The van der Waals surface area contributed by atoms with Crippen LogP contribution in [-0.4, -0.2) is 30.8 Å². The Balaban J connectivity index is 2.02. The van der Waals surface area contributed by atoms with Crippen LogP contribution in [0.5, 0.6) is 5.75 Å². The van der Waals surface area contributed by atoms with Crippen LogP contribution in [0, 0.1) is 0 Å². The van der Waals surface area contributed by atoms with Crippen LogP contribution in [0.4, 0.5) is 0 Å². The summed E-state index contributed by atoms with van der Waals surface area (Å²) < 4.78 is 5.64. The standard InChI is InChI=1S/C18H21NO3/c1-2-19-10-11-22-17-8-6-15(7-9-17)16-5-3-4-14(12-16)13-18(20)21/h3-9,12,19H,2,10-11,13H2,1H3,(H,20,21). The van der Waals surface area contributed by atoms with Gasteiger partial charge in [-0.25, -0.2) is 0 Å². The van der Waals surface area contributed by atoms with Gasteiger partial charge in [0.1, 0.15) is 12.4 Å². The Morgan fingerprint density at radius 3 is 2.59 bits per heavy atom. The highest BCUT2D eigenvalue weighted by Crippen LogP contribution is 2.23. The molecule has 0 spiro atoms. The molecule has 0 aromatic heterocycles. The summed E-state index contributed by atoms with van der Waals surface area (Å²) in [6, 6.07) is 15.5. The van der Waals surface area contributed by atoms with Crippen molar-refractivity contribution in [2.24, 2.45) is 0 Å². The van der Waals surface area contributed by atoms with Crippen LogP contribution in [0.3, 0.4) is 0 Å². The molecule has 2 rings (SSSR count). The van der Waals surface area contributed by atoms with E-state index in [0.717, 1.165) is 35.5 Å². The summed E-state index contributed by atoms with van der Waals surface area (Å²) in [5.74, 6) is 0.0185. The average molecular weight is 299 g/mol. The number of nitrogens with one attached hydrogen (secondary N) is 1. The molecular formula is C18H21NO3. The van der Waals surface area contributed by atoms with Gasteiger partial charge in [0.05, 0.1) is 6.42 Å². The molecule has 0 bridgehead atoms. The minimum Gasteiger partial charge on any atom is -0.492 e. The maximum atomic E-state index is 10.8. The second-order valence-electron chi connectivity index (χ2n) is 5.00. The van der Waals surface area contributed by atoms with Crippen LogP contribution in [0.1, 0.15) is 12.5 Å². The second kappa shape index (κ2) is 8.20. The molecule has 0 unspecified atom stereocenters. The van der Waals surface area contributed by atoms with Crippen molar-refractivity contribution >= 4 is 5.97 Å². The van der Waals surface area contributed by atoms with Gasteiger partial charge >= 0.3 is 5.97 Å². The number of aliphatic carboxylic acids is 1. The third-order valence-corrected chi connectivity index (χ3v) is 3.27. The van der Waals surface area contributed by atoms with Gasteiger partial charge in [-0.05, 0) is 35.4 Å². The molecule has 0 atom stereocenters. The third-order valence-electron chi connectivity index (χ3n) is 3.27. The van der Waals surface area contributed by atoms with Gasteiger partial charge in [0.2, 0.25) is 0 Å². The van der Waals surface area contributed by atoms with E-state index < -0.39 is 5.97 Å². The van der Waals surface area contributed by atoms with Crippen LogP contribution < -0.4 is 10.1 Å². The van der Waals surface area contributed by atoms with E-state index in [1.165, 1.54) is 0 Å². The van der Waals surface area contributed by atoms with Gasteiger partial charge < -0.3 is 15.2 Å². The molecule has 4 nitrogen and oxygen atoms in total.